The molecule has 0 spiro atoms. The third-order valence-electron chi connectivity index (χ3n) is 7.45. The van der Waals surface area contributed by atoms with E-state index < -0.39 is 22.7 Å². The minimum atomic E-state index is -1.86. The molecular weight excluding hydrogens is 492 g/mol. The second kappa shape index (κ2) is 11.0. The molecule has 0 aromatic carbocycles. The number of hydrogen-bond acceptors (Lipinski definition) is 6. The van der Waals surface area contributed by atoms with Gasteiger partial charge in [-0.05, 0) is 36.3 Å². The highest BCUT2D eigenvalue weighted by Gasteiger charge is 2.44. The molecule has 0 radical (unpaired) electrons. The first-order valence-electron chi connectivity index (χ1n) is 11.3. The molecule has 0 N–H and O–H groups in total. The maximum Gasteiger partial charge on any atom is 0.213 e. The fraction of sp³-hybridized carbons (Fsp3) is 0.909. The summed E-state index contributed by atoms with van der Waals surface area (Å²) in [5, 5.41) is 0.939. The first kappa shape index (κ1) is 29.1. The largest absolute Gasteiger partial charge is 0.416 e. The van der Waals surface area contributed by atoms with E-state index in [2.05, 4.69) is 93.5 Å². The number of carbonyl (C=O) groups excluding carboxylic acids is 2. The molecule has 9 heteroatoms. The van der Waals surface area contributed by atoms with E-state index in [9.17, 15) is 9.59 Å². The molecule has 1 aliphatic rings. The second-order valence-electron chi connectivity index (χ2n) is 11.7. The van der Waals surface area contributed by atoms with Gasteiger partial charge in [0.1, 0.15) is 0 Å². The van der Waals surface area contributed by atoms with Crippen molar-refractivity contribution in [3.05, 3.63) is 0 Å². The first-order chi connectivity index (χ1) is 14.0. The van der Waals surface area contributed by atoms with Gasteiger partial charge >= 0.3 is 0 Å². The highest BCUT2D eigenvalue weighted by Crippen LogP contribution is 2.37. The molecule has 1 aliphatic heterocycles. The Balaban J connectivity index is 2.83. The lowest BCUT2D eigenvalue weighted by Gasteiger charge is -2.37. The number of halogens is 1. The van der Waals surface area contributed by atoms with Gasteiger partial charge in [0.05, 0.1) is 12.7 Å². The summed E-state index contributed by atoms with van der Waals surface area (Å²) in [7, 11) is -3.68. The third kappa shape index (κ3) is 7.55. The van der Waals surface area contributed by atoms with Crippen molar-refractivity contribution in [2.24, 2.45) is 0 Å². The molecule has 1 heterocycles. The van der Waals surface area contributed by atoms with E-state index in [1.807, 2.05) is 0 Å². The summed E-state index contributed by atoms with van der Waals surface area (Å²) in [6.45, 7) is 25.6. The summed E-state index contributed by atoms with van der Waals surface area (Å²) >= 11 is 3.58. The molecule has 2 unspecified atom stereocenters. The van der Waals surface area contributed by atoms with Crippen LogP contribution in [0.2, 0.25) is 36.3 Å². The number of rotatable bonds is 11. The van der Waals surface area contributed by atoms with Gasteiger partial charge in [-0.3, -0.25) is 19.4 Å². The molecule has 0 amide bonds. The molecule has 6 nitrogen and oxygen atoms in total. The van der Waals surface area contributed by atoms with Crippen LogP contribution in [-0.2, 0) is 18.4 Å². The SMILES string of the molecule is CC(C)(C)[Si](C)(C)OCCN1CN(CCO[Si](C)(C)C(C)(C)C)C(C(=O)C=O)C1CBr. The van der Waals surface area contributed by atoms with E-state index in [1.165, 1.54) is 0 Å². The van der Waals surface area contributed by atoms with Gasteiger partial charge in [0.25, 0.3) is 0 Å². The van der Waals surface area contributed by atoms with Crippen molar-refractivity contribution < 1.29 is 18.4 Å². The van der Waals surface area contributed by atoms with Gasteiger partial charge in [-0.15, -0.1) is 0 Å². The average Bonchev–Trinajstić information content (AvgIpc) is 2.96. The quantitative estimate of drug-likeness (QED) is 0.167. The molecule has 2 atom stereocenters. The van der Waals surface area contributed by atoms with Gasteiger partial charge in [0.15, 0.2) is 22.9 Å². The van der Waals surface area contributed by atoms with Crippen molar-refractivity contribution in [3.8, 4) is 0 Å². The van der Waals surface area contributed by atoms with E-state index in [-0.39, 0.29) is 21.9 Å². The molecule has 1 rings (SSSR count). The van der Waals surface area contributed by atoms with Crippen molar-refractivity contribution >= 4 is 44.6 Å². The highest BCUT2D eigenvalue weighted by atomic mass is 79.9. The molecule has 0 bridgehead atoms. The van der Waals surface area contributed by atoms with Crippen LogP contribution >= 0.6 is 15.9 Å². The Morgan fingerprint density at radius 3 is 1.71 bits per heavy atom. The zero-order valence-electron chi connectivity index (χ0n) is 21.4. The minimum Gasteiger partial charge on any atom is -0.416 e. The normalized spacial score (nSPS) is 22.2. The van der Waals surface area contributed by atoms with Crippen LogP contribution in [0.1, 0.15) is 41.5 Å². The average molecular weight is 538 g/mol. The Morgan fingerprint density at radius 1 is 0.935 bits per heavy atom. The number of ketones is 1. The van der Waals surface area contributed by atoms with Crippen LogP contribution < -0.4 is 0 Å². The summed E-state index contributed by atoms with van der Waals surface area (Å²) in [4.78, 5) is 28.2. The van der Waals surface area contributed by atoms with Gasteiger partial charge in [0, 0.05) is 37.7 Å². The summed E-state index contributed by atoms with van der Waals surface area (Å²) in [5.41, 5.74) is 0. The topological polar surface area (TPSA) is 59.1 Å². The number of Topliss-reactive ketones (excluding diaryl/α,β-unsaturated/α-hetero) is 1. The lowest BCUT2D eigenvalue weighted by molar-refractivity contribution is -0.133. The van der Waals surface area contributed by atoms with Crippen LogP contribution in [0.3, 0.4) is 0 Å². The van der Waals surface area contributed by atoms with E-state index in [0.29, 0.717) is 38.0 Å². The Bertz CT molecular complexity index is 618. The van der Waals surface area contributed by atoms with E-state index in [0.717, 1.165) is 6.54 Å². The van der Waals surface area contributed by atoms with Gasteiger partial charge < -0.3 is 8.85 Å². The Kier molecular flexibility index (Phi) is 10.3. The molecule has 182 valence electrons. The van der Waals surface area contributed by atoms with Crippen molar-refractivity contribution in [3.63, 3.8) is 0 Å². The van der Waals surface area contributed by atoms with Crippen molar-refractivity contribution in [1.82, 2.24) is 9.80 Å². The van der Waals surface area contributed by atoms with Crippen molar-refractivity contribution in [2.45, 2.75) is 89.9 Å². The minimum absolute atomic E-state index is 0.0476. The number of carbonyl (C=O) groups is 2. The number of nitrogens with zero attached hydrogens (tertiary/aromatic N) is 2. The lowest BCUT2D eigenvalue weighted by atomic mass is 10.1. The second-order valence-corrected chi connectivity index (χ2v) is 21.9. The molecule has 0 aromatic rings. The van der Waals surface area contributed by atoms with Crippen LogP contribution in [0.25, 0.3) is 0 Å². The van der Waals surface area contributed by atoms with Crippen molar-refractivity contribution in [2.75, 3.05) is 38.3 Å². The smallest absolute Gasteiger partial charge is 0.213 e. The molecule has 0 aliphatic carbocycles. The molecule has 1 saturated heterocycles. The van der Waals surface area contributed by atoms with Crippen LogP contribution in [0, 0.1) is 0 Å². The molecule has 0 aromatic heterocycles. The molecular formula is C22H45BrN2O4Si2. The highest BCUT2D eigenvalue weighted by molar-refractivity contribution is 9.09. The summed E-state index contributed by atoms with van der Waals surface area (Å²) in [6.07, 6.45) is 0.470. The first-order valence-corrected chi connectivity index (χ1v) is 18.2. The monoisotopic (exact) mass is 536 g/mol. The molecule has 31 heavy (non-hydrogen) atoms. The molecule has 0 saturated carbocycles. The Hall–Kier alpha value is 0.0938. The third-order valence-corrected chi connectivity index (χ3v) is 17.2. The maximum absolute atomic E-state index is 12.5. The van der Waals surface area contributed by atoms with Crippen LogP contribution in [0.4, 0.5) is 0 Å². The fourth-order valence-electron chi connectivity index (χ4n) is 3.21. The summed E-state index contributed by atoms with van der Waals surface area (Å²) in [5.74, 6) is -0.357. The summed E-state index contributed by atoms with van der Waals surface area (Å²) in [6, 6.07) is -0.485. The Labute approximate surface area is 200 Å². The lowest BCUT2D eigenvalue weighted by Crippen LogP contribution is -2.48. The van der Waals surface area contributed by atoms with E-state index in [4.69, 9.17) is 8.85 Å². The van der Waals surface area contributed by atoms with Gasteiger partial charge in [-0.2, -0.15) is 0 Å². The van der Waals surface area contributed by atoms with E-state index in [1.54, 1.807) is 0 Å². The fourth-order valence-corrected chi connectivity index (χ4v) is 6.04. The van der Waals surface area contributed by atoms with Crippen LogP contribution in [0.15, 0.2) is 0 Å². The molecule has 1 fully saturated rings. The van der Waals surface area contributed by atoms with Gasteiger partial charge in [-0.1, -0.05) is 57.5 Å². The zero-order valence-corrected chi connectivity index (χ0v) is 25.0. The van der Waals surface area contributed by atoms with Crippen LogP contribution in [0.5, 0.6) is 0 Å². The van der Waals surface area contributed by atoms with E-state index >= 15 is 0 Å². The standard InChI is InChI=1S/C22H45BrN2O4Si2/c1-21(2,3)30(7,8)28-13-11-24-17-25(20(18(24)15-23)19(27)16-26)12-14-29-31(9,10)22(4,5)6/h16,18,20H,11-15,17H2,1-10H3. The Morgan fingerprint density at radius 2 is 1.35 bits per heavy atom. The van der Waals surface area contributed by atoms with Crippen LogP contribution in [-0.4, -0.2) is 88.9 Å². The summed E-state index contributed by atoms with van der Waals surface area (Å²) < 4.78 is 12.7. The number of alkyl halides is 1. The van der Waals surface area contributed by atoms with Crippen molar-refractivity contribution in [1.29, 1.82) is 0 Å². The predicted octanol–water partition coefficient (Wildman–Crippen LogP) is 4.51. The number of aldehydes is 1. The zero-order chi connectivity index (χ0) is 24.3. The predicted molar refractivity (Wildman–Crippen MR) is 137 cm³/mol. The maximum atomic E-state index is 12.5. The number of hydrogen-bond donors (Lipinski definition) is 0. The van der Waals surface area contributed by atoms with Gasteiger partial charge in [-0.25, -0.2) is 0 Å². The van der Waals surface area contributed by atoms with Gasteiger partial charge in [0.2, 0.25) is 5.78 Å².